The van der Waals surface area contributed by atoms with Gasteiger partial charge in [0.05, 0.1) is 19.2 Å². The van der Waals surface area contributed by atoms with Gasteiger partial charge in [0.1, 0.15) is 5.82 Å². The minimum atomic E-state index is -0.721. The molecule has 5 heteroatoms. The number of benzene rings is 1. The van der Waals surface area contributed by atoms with Gasteiger partial charge in [0, 0.05) is 12.3 Å². The first-order valence-electron chi connectivity index (χ1n) is 6.05. The predicted molar refractivity (Wildman–Crippen MR) is 72.3 cm³/mol. The van der Waals surface area contributed by atoms with Gasteiger partial charge in [0.2, 0.25) is 0 Å². The summed E-state index contributed by atoms with van der Waals surface area (Å²) in [5.74, 6) is -1.38. The second kappa shape index (κ2) is 5.69. The fourth-order valence-corrected chi connectivity index (χ4v) is 1.87. The van der Waals surface area contributed by atoms with Crippen molar-refractivity contribution in [2.75, 3.05) is 7.11 Å². The highest BCUT2D eigenvalue weighted by atomic mass is 19.1. The Kier molecular flexibility index (Phi) is 3.98. The normalized spacial score (nSPS) is 10.3. The van der Waals surface area contributed by atoms with Crippen LogP contribution in [0.2, 0.25) is 0 Å². The molecule has 0 unspecified atom stereocenters. The maximum Gasteiger partial charge on any atom is 0.340 e. The summed E-state index contributed by atoms with van der Waals surface area (Å²) in [5.41, 5.74) is 1.20. The van der Waals surface area contributed by atoms with Crippen LogP contribution >= 0.6 is 0 Å². The van der Waals surface area contributed by atoms with Crippen molar-refractivity contribution in [2.45, 2.75) is 13.5 Å². The Labute approximate surface area is 115 Å². The van der Waals surface area contributed by atoms with Crippen LogP contribution in [-0.4, -0.2) is 17.6 Å². The van der Waals surface area contributed by atoms with Crippen LogP contribution in [0.1, 0.15) is 21.5 Å². The van der Waals surface area contributed by atoms with E-state index in [0.717, 1.165) is 5.56 Å². The van der Waals surface area contributed by atoms with Gasteiger partial charge >= 0.3 is 5.97 Å². The van der Waals surface area contributed by atoms with Gasteiger partial charge in [0.15, 0.2) is 0 Å². The minimum absolute atomic E-state index is 0.118. The number of hydrogen-bond donors (Lipinski definition) is 0. The first-order valence-corrected chi connectivity index (χ1v) is 6.05. The van der Waals surface area contributed by atoms with E-state index in [9.17, 15) is 14.0 Å². The molecule has 104 valence electrons. The van der Waals surface area contributed by atoms with Gasteiger partial charge in [-0.1, -0.05) is 6.07 Å². The van der Waals surface area contributed by atoms with Gasteiger partial charge in [-0.3, -0.25) is 4.79 Å². The fraction of sp³-hybridized carbons (Fsp3) is 0.200. The van der Waals surface area contributed by atoms with Gasteiger partial charge in [0.25, 0.3) is 5.56 Å². The molecule has 20 heavy (non-hydrogen) atoms. The van der Waals surface area contributed by atoms with Crippen LogP contribution in [-0.2, 0) is 11.3 Å². The smallest absolute Gasteiger partial charge is 0.340 e. The number of esters is 1. The molecule has 0 saturated carbocycles. The summed E-state index contributed by atoms with van der Waals surface area (Å²) in [6, 6.07) is 7.51. The molecule has 2 aromatic rings. The number of ether oxygens (including phenoxy) is 1. The number of methoxy groups -OCH3 is 1. The van der Waals surface area contributed by atoms with E-state index < -0.39 is 11.8 Å². The molecule has 0 aliphatic heterocycles. The predicted octanol–water partition coefficient (Wildman–Crippen LogP) is 2.13. The van der Waals surface area contributed by atoms with Crippen molar-refractivity contribution in [3.63, 3.8) is 0 Å². The van der Waals surface area contributed by atoms with Crippen LogP contribution in [0, 0.1) is 12.7 Å². The van der Waals surface area contributed by atoms with Crippen molar-refractivity contribution in [3.8, 4) is 0 Å². The Morgan fingerprint density at radius 3 is 2.65 bits per heavy atom. The van der Waals surface area contributed by atoms with Crippen molar-refractivity contribution in [1.29, 1.82) is 0 Å². The zero-order chi connectivity index (χ0) is 14.7. The number of halogens is 1. The van der Waals surface area contributed by atoms with Gasteiger partial charge in [-0.2, -0.15) is 0 Å². The number of carbonyl (C=O) groups is 1. The highest BCUT2D eigenvalue weighted by Gasteiger charge is 2.12. The number of rotatable bonds is 3. The molecule has 1 aromatic carbocycles. The molecule has 0 bridgehead atoms. The topological polar surface area (TPSA) is 48.3 Å². The standard InChI is InChI=1S/C15H14FNO3/c1-10-5-6-17(14(18)7-10)9-11-3-4-12(13(16)8-11)15(19)20-2/h3-8H,9H2,1-2H3. The van der Waals surface area contributed by atoms with E-state index in [1.165, 1.54) is 29.9 Å². The minimum Gasteiger partial charge on any atom is -0.465 e. The van der Waals surface area contributed by atoms with E-state index in [1.54, 1.807) is 18.3 Å². The number of hydrogen-bond acceptors (Lipinski definition) is 3. The van der Waals surface area contributed by atoms with Crippen molar-refractivity contribution >= 4 is 5.97 Å². The molecule has 2 rings (SSSR count). The maximum absolute atomic E-state index is 13.8. The van der Waals surface area contributed by atoms with E-state index in [1.807, 2.05) is 6.92 Å². The van der Waals surface area contributed by atoms with Gasteiger partial charge < -0.3 is 9.30 Å². The summed E-state index contributed by atoms with van der Waals surface area (Å²) in [6.45, 7) is 2.08. The van der Waals surface area contributed by atoms with Gasteiger partial charge in [-0.15, -0.1) is 0 Å². The highest BCUT2D eigenvalue weighted by molar-refractivity contribution is 5.89. The molecule has 0 spiro atoms. The van der Waals surface area contributed by atoms with E-state index in [4.69, 9.17) is 0 Å². The Morgan fingerprint density at radius 1 is 1.30 bits per heavy atom. The van der Waals surface area contributed by atoms with Crippen molar-refractivity contribution in [3.05, 3.63) is 69.4 Å². The average molecular weight is 275 g/mol. The van der Waals surface area contributed by atoms with Crippen LogP contribution in [0.4, 0.5) is 4.39 Å². The molecule has 4 nitrogen and oxygen atoms in total. The Balaban J connectivity index is 2.29. The molecule has 0 saturated heterocycles. The Morgan fingerprint density at radius 2 is 2.05 bits per heavy atom. The number of carbonyl (C=O) groups excluding carboxylic acids is 1. The fourth-order valence-electron chi connectivity index (χ4n) is 1.87. The monoisotopic (exact) mass is 275 g/mol. The Bertz CT molecular complexity index is 707. The summed E-state index contributed by atoms with van der Waals surface area (Å²) in [5, 5.41) is 0. The van der Waals surface area contributed by atoms with E-state index >= 15 is 0 Å². The number of aryl methyl sites for hydroxylation is 1. The molecule has 1 aromatic heterocycles. The van der Waals surface area contributed by atoms with Crippen molar-refractivity contribution < 1.29 is 13.9 Å². The van der Waals surface area contributed by atoms with Crippen LogP contribution in [0.3, 0.4) is 0 Å². The van der Waals surface area contributed by atoms with E-state index in [-0.39, 0.29) is 17.7 Å². The van der Waals surface area contributed by atoms with Crippen molar-refractivity contribution in [1.82, 2.24) is 4.57 Å². The highest BCUT2D eigenvalue weighted by Crippen LogP contribution is 2.12. The lowest BCUT2D eigenvalue weighted by atomic mass is 10.1. The third-order valence-electron chi connectivity index (χ3n) is 2.94. The molecule has 1 heterocycles. The molecule has 0 fully saturated rings. The Hall–Kier alpha value is -2.43. The maximum atomic E-state index is 13.8. The summed E-state index contributed by atoms with van der Waals surface area (Å²) < 4.78 is 19.7. The molecule has 0 atom stereocenters. The molecular weight excluding hydrogens is 261 g/mol. The van der Waals surface area contributed by atoms with Crippen LogP contribution in [0.25, 0.3) is 0 Å². The second-order valence-corrected chi connectivity index (χ2v) is 4.48. The largest absolute Gasteiger partial charge is 0.465 e. The number of aromatic nitrogens is 1. The number of nitrogens with zero attached hydrogens (tertiary/aromatic N) is 1. The average Bonchev–Trinajstić information content (AvgIpc) is 2.41. The first-order chi connectivity index (χ1) is 9.51. The van der Waals surface area contributed by atoms with Gasteiger partial charge in [-0.25, -0.2) is 9.18 Å². The molecule has 0 amide bonds. The van der Waals surface area contributed by atoms with Gasteiger partial charge in [-0.05, 0) is 36.2 Å². The second-order valence-electron chi connectivity index (χ2n) is 4.48. The van der Waals surface area contributed by atoms with Crippen LogP contribution < -0.4 is 5.56 Å². The lowest BCUT2D eigenvalue weighted by Crippen LogP contribution is -2.19. The zero-order valence-corrected chi connectivity index (χ0v) is 11.2. The van der Waals surface area contributed by atoms with Crippen molar-refractivity contribution in [2.24, 2.45) is 0 Å². The molecule has 0 aliphatic carbocycles. The summed E-state index contributed by atoms with van der Waals surface area (Å²) in [7, 11) is 1.20. The molecule has 0 radical (unpaired) electrons. The summed E-state index contributed by atoms with van der Waals surface area (Å²) in [4.78, 5) is 23.0. The quantitative estimate of drug-likeness (QED) is 0.806. The molecule has 0 aliphatic rings. The van der Waals surface area contributed by atoms with E-state index in [2.05, 4.69) is 4.74 Å². The lowest BCUT2D eigenvalue weighted by molar-refractivity contribution is 0.0595. The summed E-state index contributed by atoms with van der Waals surface area (Å²) >= 11 is 0. The van der Waals surface area contributed by atoms with Crippen LogP contribution in [0.5, 0.6) is 0 Å². The lowest BCUT2D eigenvalue weighted by Gasteiger charge is -2.08. The zero-order valence-electron chi connectivity index (χ0n) is 11.2. The first kappa shape index (κ1) is 14.0. The van der Waals surface area contributed by atoms with E-state index in [0.29, 0.717) is 5.56 Å². The third kappa shape index (κ3) is 2.93. The SMILES string of the molecule is COC(=O)c1ccc(Cn2ccc(C)cc2=O)cc1F. The van der Waals surface area contributed by atoms with Crippen LogP contribution in [0.15, 0.2) is 41.3 Å². The molecule has 0 N–H and O–H groups in total. The third-order valence-corrected chi connectivity index (χ3v) is 2.94. The molecular formula is C15H14FNO3. The number of pyridine rings is 1. The summed E-state index contributed by atoms with van der Waals surface area (Å²) in [6.07, 6.45) is 1.66.